The standard InChI is InChI=1S/C17H20Cl2N4O/c1-11(2)23(12(3)4)10-21-17-20-9-15(16(19)22-17)24-14-7-5-13(18)6-8-14/h5-12H,1-4H3. The van der Waals surface area contributed by atoms with Crippen LogP contribution in [-0.2, 0) is 0 Å². The Morgan fingerprint density at radius 3 is 2.25 bits per heavy atom. The summed E-state index contributed by atoms with van der Waals surface area (Å²) in [6, 6.07) is 7.61. The van der Waals surface area contributed by atoms with Gasteiger partial charge in [-0.3, -0.25) is 0 Å². The van der Waals surface area contributed by atoms with E-state index in [2.05, 4.69) is 47.6 Å². The Morgan fingerprint density at radius 1 is 1.08 bits per heavy atom. The molecule has 0 amide bonds. The van der Waals surface area contributed by atoms with Crippen LogP contribution in [0.25, 0.3) is 0 Å². The largest absolute Gasteiger partial charge is 0.452 e. The van der Waals surface area contributed by atoms with Crippen molar-refractivity contribution in [3.05, 3.63) is 40.6 Å². The Hall–Kier alpha value is -1.85. The van der Waals surface area contributed by atoms with Gasteiger partial charge in [-0.1, -0.05) is 23.2 Å². The molecule has 128 valence electrons. The van der Waals surface area contributed by atoms with Gasteiger partial charge < -0.3 is 9.64 Å². The first-order chi connectivity index (χ1) is 11.4. The molecule has 7 heteroatoms. The van der Waals surface area contributed by atoms with E-state index in [1.165, 1.54) is 6.20 Å². The molecule has 5 nitrogen and oxygen atoms in total. The molecule has 2 aromatic rings. The maximum absolute atomic E-state index is 6.16. The fourth-order valence-corrected chi connectivity index (χ4v) is 2.37. The number of ether oxygens (including phenoxy) is 1. The lowest BCUT2D eigenvalue weighted by molar-refractivity contribution is 0.301. The Labute approximate surface area is 152 Å². The molecule has 0 saturated heterocycles. The van der Waals surface area contributed by atoms with Crippen molar-refractivity contribution < 1.29 is 4.74 Å². The molecule has 0 spiro atoms. The average Bonchev–Trinajstić information content (AvgIpc) is 2.51. The number of rotatable bonds is 6. The van der Waals surface area contributed by atoms with Gasteiger partial charge in [-0.25, -0.2) is 9.98 Å². The highest BCUT2D eigenvalue weighted by Gasteiger charge is 2.10. The van der Waals surface area contributed by atoms with Crippen LogP contribution in [0.15, 0.2) is 35.5 Å². The van der Waals surface area contributed by atoms with Gasteiger partial charge in [-0.05, 0) is 52.0 Å². The summed E-state index contributed by atoms with van der Waals surface area (Å²) in [5.74, 6) is 1.25. The molecule has 0 aliphatic rings. The molecule has 1 aromatic carbocycles. The van der Waals surface area contributed by atoms with Crippen molar-refractivity contribution >= 4 is 35.5 Å². The van der Waals surface area contributed by atoms with Crippen LogP contribution in [0.2, 0.25) is 10.2 Å². The molecular formula is C17H20Cl2N4O. The van der Waals surface area contributed by atoms with Crippen LogP contribution in [-0.4, -0.2) is 33.3 Å². The van der Waals surface area contributed by atoms with E-state index in [0.717, 1.165) is 0 Å². The topological polar surface area (TPSA) is 50.6 Å². The van der Waals surface area contributed by atoms with Crippen LogP contribution in [0.3, 0.4) is 0 Å². The zero-order valence-electron chi connectivity index (χ0n) is 14.1. The van der Waals surface area contributed by atoms with E-state index < -0.39 is 0 Å². The molecule has 24 heavy (non-hydrogen) atoms. The first-order valence-electron chi connectivity index (χ1n) is 7.64. The first-order valence-corrected chi connectivity index (χ1v) is 8.40. The second-order valence-electron chi connectivity index (χ2n) is 5.76. The monoisotopic (exact) mass is 366 g/mol. The summed E-state index contributed by atoms with van der Waals surface area (Å²) >= 11 is 12.0. The van der Waals surface area contributed by atoms with Gasteiger partial charge in [0.1, 0.15) is 5.75 Å². The van der Waals surface area contributed by atoms with Gasteiger partial charge in [0.15, 0.2) is 10.9 Å². The van der Waals surface area contributed by atoms with E-state index in [1.54, 1.807) is 30.6 Å². The van der Waals surface area contributed by atoms with Crippen molar-refractivity contribution in [2.24, 2.45) is 4.99 Å². The van der Waals surface area contributed by atoms with Gasteiger partial charge in [-0.2, -0.15) is 4.98 Å². The first kappa shape index (κ1) is 18.5. The number of halogens is 2. The van der Waals surface area contributed by atoms with Gasteiger partial charge >= 0.3 is 0 Å². The normalized spacial score (nSPS) is 11.5. The van der Waals surface area contributed by atoms with E-state index in [0.29, 0.717) is 28.6 Å². The highest BCUT2D eigenvalue weighted by atomic mass is 35.5. The minimum atomic E-state index is 0.202. The third kappa shape index (κ3) is 5.08. The average molecular weight is 367 g/mol. The predicted molar refractivity (Wildman–Crippen MR) is 98.8 cm³/mol. The molecule has 0 fully saturated rings. The summed E-state index contributed by atoms with van der Waals surface area (Å²) in [7, 11) is 0. The van der Waals surface area contributed by atoms with Crippen molar-refractivity contribution in [3.63, 3.8) is 0 Å². The van der Waals surface area contributed by atoms with Crippen LogP contribution in [0.1, 0.15) is 27.7 Å². The molecule has 0 bridgehead atoms. The second kappa shape index (κ2) is 8.31. The molecule has 2 rings (SSSR count). The number of aromatic nitrogens is 2. The van der Waals surface area contributed by atoms with E-state index in [1.807, 2.05) is 0 Å². The molecule has 1 heterocycles. The molecule has 0 N–H and O–H groups in total. The molecule has 0 saturated carbocycles. The fourth-order valence-electron chi connectivity index (χ4n) is 2.08. The number of nitrogens with zero attached hydrogens (tertiary/aromatic N) is 4. The summed E-state index contributed by atoms with van der Waals surface area (Å²) in [4.78, 5) is 14.7. The number of aliphatic imine (C=N–C) groups is 1. The third-order valence-corrected chi connectivity index (χ3v) is 3.76. The van der Waals surface area contributed by atoms with Crippen LogP contribution in [0.4, 0.5) is 5.95 Å². The number of hydrogen-bond donors (Lipinski definition) is 0. The summed E-state index contributed by atoms with van der Waals surface area (Å²) in [5.41, 5.74) is 0. The Bertz CT molecular complexity index is 694. The van der Waals surface area contributed by atoms with Gasteiger partial charge in [0.05, 0.1) is 12.5 Å². The quantitative estimate of drug-likeness (QED) is 0.392. The van der Waals surface area contributed by atoms with Crippen molar-refractivity contribution in [1.29, 1.82) is 0 Å². The highest BCUT2D eigenvalue weighted by Crippen LogP contribution is 2.28. The Morgan fingerprint density at radius 2 is 1.71 bits per heavy atom. The van der Waals surface area contributed by atoms with Crippen LogP contribution < -0.4 is 4.74 Å². The van der Waals surface area contributed by atoms with Gasteiger partial charge in [0.25, 0.3) is 5.95 Å². The minimum Gasteiger partial charge on any atom is -0.452 e. The van der Waals surface area contributed by atoms with E-state index in [9.17, 15) is 0 Å². The predicted octanol–water partition coefficient (Wildman–Crippen LogP) is 5.35. The summed E-state index contributed by atoms with van der Waals surface area (Å²) in [6.45, 7) is 8.40. The van der Waals surface area contributed by atoms with E-state index in [-0.39, 0.29) is 11.1 Å². The molecule has 0 radical (unpaired) electrons. The Kier molecular flexibility index (Phi) is 6.40. The molecule has 0 aliphatic heterocycles. The maximum Gasteiger partial charge on any atom is 0.252 e. The SMILES string of the molecule is CC(C)N(C=Nc1ncc(Oc2ccc(Cl)cc2)c(Cl)n1)C(C)C. The lowest BCUT2D eigenvalue weighted by atomic mass is 10.2. The smallest absolute Gasteiger partial charge is 0.252 e. The summed E-state index contributed by atoms with van der Waals surface area (Å²) in [5, 5.41) is 0.835. The van der Waals surface area contributed by atoms with Crippen molar-refractivity contribution in [2.45, 2.75) is 39.8 Å². The molecule has 0 atom stereocenters. The van der Waals surface area contributed by atoms with Gasteiger partial charge in [-0.15, -0.1) is 0 Å². The van der Waals surface area contributed by atoms with Gasteiger partial charge in [0, 0.05) is 17.1 Å². The van der Waals surface area contributed by atoms with E-state index >= 15 is 0 Å². The lowest BCUT2D eigenvalue weighted by Crippen LogP contribution is -2.35. The third-order valence-electron chi connectivity index (χ3n) is 3.24. The van der Waals surface area contributed by atoms with Crippen LogP contribution in [0.5, 0.6) is 11.5 Å². The molecule has 0 aliphatic carbocycles. The van der Waals surface area contributed by atoms with Crippen molar-refractivity contribution in [1.82, 2.24) is 14.9 Å². The zero-order valence-corrected chi connectivity index (χ0v) is 15.6. The molecule has 1 aromatic heterocycles. The van der Waals surface area contributed by atoms with Crippen LogP contribution in [0, 0.1) is 0 Å². The number of hydrogen-bond acceptors (Lipinski definition) is 4. The fraction of sp³-hybridized carbons (Fsp3) is 0.353. The second-order valence-corrected chi connectivity index (χ2v) is 6.55. The van der Waals surface area contributed by atoms with Crippen molar-refractivity contribution in [2.75, 3.05) is 0 Å². The number of benzene rings is 1. The Balaban J connectivity index is 2.13. The highest BCUT2D eigenvalue weighted by molar-refractivity contribution is 6.31. The van der Waals surface area contributed by atoms with Crippen molar-refractivity contribution in [3.8, 4) is 11.5 Å². The minimum absolute atomic E-state index is 0.202. The molecule has 0 unspecified atom stereocenters. The lowest BCUT2D eigenvalue weighted by Gasteiger charge is -2.27. The van der Waals surface area contributed by atoms with E-state index in [4.69, 9.17) is 27.9 Å². The zero-order chi connectivity index (χ0) is 17.7. The van der Waals surface area contributed by atoms with Crippen LogP contribution >= 0.6 is 23.2 Å². The molecular weight excluding hydrogens is 347 g/mol. The maximum atomic E-state index is 6.16. The summed E-state index contributed by atoms with van der Waals surface area (Å²) < 4.78 is 5.64. The summed E-state index contributed by atoms with van der Waals surface area (Å²) in [6.07, 6.45) is 3.24. The van der Waals surface area contributed by atoms with Gasteiger partial charge in [0.2, 0.25) is 0 Å².